The minimum atomic E-state index is -4.57. The Hall–Kier alpha value is -1.06. The lowest BCUT2D eigenvalue weighted by Crippen LogP contribution is -2.47. The number of aromatic nitrogens is 1. The molecule has 0 bridgehead atoms. The molecule has 9 heteroatoms. The van der Waals surface area contributed by atoms with Crippen LogP contribution in [0.3, 0.4) is 0 Å². The molecule has 114 valence electrons. The number of rotatable bonds is 6. The molecule has 0 spiro atoms. The van der Waals surface area contributed by atoms with Crippen LogP contribution in [0.2, 0.25) is 0 Å². The summed E-state index contributed by atoms with van der Waals surface area (Å²) in [7, 11) is -4.17. The van der Waals surface area contributed by atoms with E-state index in [0.29, 0.717) is 18.8 Å². The highest BCUT2D eigenvalue weighted by Gasteiger charge is 2.65. The number of hydrogen-bond acceptors (Lipinski definition) is 3. The van der Waals surface area contributed by atoms with E-state index in [1.807, 2.05) is 6.92 Å². The smallest absolute Gasteiger partial charge is 0.363 e. The van der Waals surface area contributed by atoms with Crippen molar-refractivity contribution in [1.82, 2.24) is 15.0 Å². The molecular formula is C11H16F3N3O2S. The summed E-state index contributed by atoms with van der Waals surface area (Å²) in [5.41, 5.74) is -1.69. The summed E-state index contributed by atoms with van der Waals surface area (Å²) in [6.07, 6.45) is -3.81. The second-order valence-electron chi connectivity index (χ2n) is 4.83. The van der Waals surface area contributed by atoms with Crippen molar-refractivity contribution in [3.63, 3.8) is 0 Å². The van der Waals surface area contributed by atoms with Gasteiger partial charge in [0.2, 0.25) is 10.0 Å². The highest BCUT2D eigenvalue weighted by atomic mass is 32.2. The van der Waals surface area contributed by atoms with E-state index in [0.717, 1.165) is 0 Å². The van der Waals surface area contributed by atoms with Crippen molar-refractivity contribution < 1.29 is 21.6 Å². The van der Waals surface area contributed by atoms with E-state index in [1.165, 1.54) is 12.3 Å². The number of hydrogen-bond donors (Lipinski definition) is 3. The topological polar surface area (TPSA) is 74.0 Å². The van der Waals surface area contributed by atoms with Crippen LogP contribution >= 0.6 is 0 Å². The van der Waals surface area contributed by atoms with Gasteiger partial charge >= 0.3 is 6.18 Å². The number of alkyl halides is 3. The van der Waals surface area contributed by atoms with Crippen molar-refractivity contribution in [3.8, 4) is 0 Å². The highest BCUT2D eigenvalue weighted by molar-refractivity contribution is 7.89. The SMILES string of the molecule is CCNCc1cc(S(=O)(=O)NC2(C(F)(F)F)CC2)c[nH]1. The third-order valence-electron chi connectivity index (χ3n) is 3.21. The molecule has 1 aromatic heterocycles. The van der Waals surface area contributed by atoms with E-state index in [1.54, 1.807) is 4.72 Å². The lowest BCUT2D eigenvalue weighted by atomic mass is 10.3. The van der Waals surface area contributed by atoms with E-state index in [4.69, 9.17) is 0 Å². The Balaban J connectivity index is 2.13. The Morgan fingerprint density at radius 2 is 2.05 bits per heavy atom. The Labute approximate surface area is 115 Å². The van der Waals surface area contributed by atoms with Gasteiger partial charge in [-0.1, -0.05) is 6.92 Å². The van der Waals surface area contributed by atoms with Crippen LogP contribution in [0.15, 0.2) is 17.2 Å². The van der Waals surface area contributed by atoms with E-state index in [2.05, 4.69) is 10.3 Å². The highest BCUT2D eigenvalue weighted by Crippen LogP contribution is 2.49. The quantitative estimate of drug-likeness (QED) is 0.745. The predicted molar refractivity (Wildman–Crippen MR) is 66.5 cm³/mol. The van der Waals surface area contributed by atoms with Crippen LogP contribution in [0.1, 0.15) is 25.5 Å². The molecule has 0 amide bonds. The fourth-order valence-corrected chi connectivity index (χ4v) is 3.28. The number of H-pyrrole nitrogens is 1. The van der Waals surface area contributed by atoms with Gasteiger partial charge in [-0.05, 0) is 25.5 Å². The molecule has 0 unspecified atom stereocenters. The molecule has 3 N–H and O–H groups in total. The molecule has 2 rings (SSSR count). The van der Waals surface area contributed by atoms with Gasteiger partial charge < -0.3 is 10.3 Å². The summed E-state index contributed by atoms with van der Waals surface area (Å²) in [5, 5.41) is 2.99. The van der Waals surface area contributed by atoms with Crippen LogP contribution in [-0.4, -0.2) is 31.7 Å². The third kappa shape index (κ3) is 2.99. The van der Waals surface area contributed by atoms with Crippen molar-refractivity contribution in [1.29, 1.82) is 0 Å². The van der Waals surface area contributed by atoms with Crippen molar-refractivity contribution in [2.75, 3.05) is 6.54 Å². The summed E-state index contributed by atoms with van der Waals surface area (Å²) >= 11 is 0. The molecule has 0 saturated heterocycles. The molecule has 5 nitrogen and oxygen atoms in total. The second-order valence-corrected chi connectivity index (χ2v) is 6.51. The van der Waals surface area contributed by atoms with Gasteiger partial charge in [0.05, 0.1) is 4.90 Å². The maximum atomic E-state index is 12.8. The van der Waals surface area contributed by atoms with Crippen LogP contribution in [-0.2, 0) is 16.6 Å². The first-order chi connectivity index (χ1) is 9.20. The molecule has 20 heavy (non-hydrogen) atoms. The van der Waals surface area contributed by atoms with Gasteiger partial charge in [-0.25, -0.2) is 8.42 Å². The van der Waals surface area contributed by atoms with Crippen molar-refractivity contribution in [2.24, 2.45) is 0 Å². The summed E-state index contributed by atoms with van der Waals surface area (Å²) in [6.45, 7) is 3.02. The van der Waals surface area contributed by atoms with Gasteiger partial charge in [-0.2, -0.15) is 17.9 Å². The molecule has 0 aliphatic heterocycles. The Bertz CT molecular complexity index is 576. The van der Waals surface area contributed by atoms with Crippen LogP contribution in [0.25, 0.3) is 0 Å². The summed E-state index contributed by atoms with van der Waals surface area (Å²) < 4.78 is 64.0. The van der Waals surface area contributed by atoms with Gasteiger partial charge in [0.25, 0.3) is 0 Å². The molecule has 1 aliphatic rings. The van der Waals surface area contributed by atoms with Gasteiger partial charge in [0, 0.05) is 18.4 Å². The zero-order valence-electron chi connectivity index (χ0n) is 10.8. The average molecular weight is 311 g/mol. The zero-order valence-corrected chi connectivity index (χ0v) is 11.7. The van der Waals surface area contributed by atoms with Crippen LogP contribution < -0.4 is 10.0 Å². The first kappa shape index (κ1) is 15.3. The summed E-state index contributed by atoms with van der Waals surface area (Å²) in [5.74, 6) is 0. The standard InChI is InChI=1S/C11H16F3N3O2S/c1-2-15-6-8-5-9(7-16-8)20(18,19)17-10(3-4-10)11(12,13)14/h5,7,15-17H,2-4,6H2,1H3. The van der Waals surface area contributed by atoms with Gasteiger partial charge in [0.15, 0.2) is 0 Å². The molecule has 1 saturated carbocycles. The molecule has 1 fully saturated rings. The molecule has 1 heterocycles. The zero-order chi connectivity index (χ0) is 15.0. The van der Waals surface area contributed by atoms with Crippen molar-refractivity contribution in [2.45, 2.75) is 42.9 Å². The molecule has 0 aromatic carbocycles. The number of nitrogens with one attached hydrogen (secondary N) is 3. The van der Waals surface area contributed by atoms with E-state index >= 15 is 0 Å². The van der Waals surface area contributed by atoms with Crippen molar-refractivity contribution >= 4 is 10.0 Å². The molecular weight excluding hydrogens is 295 g/mol. The average Bonchev–Trinajstić information content (AvgIpc) is 2.94. The third-order valence-corrected chi connectivity index (χ3v) is 4.73. The minimum Gasteiger partial charge on any atom is -0.363 e. The van der Waals surface area contributed by atoms with Crippen LogP contribution in [0, 0.1) is 0 Å². The normalized spacial score (nSPS) is 18.2. The van der Waals surface area contributed by atoms with Crippen LogP contribution in [0.5, 0.6) is 0 Å². The van der Waals surface area contributed by atoms with E-state index < -0.39 is 21.7 Å². The summed E-state index contributed by atoms with van der Waals surface area (Å²) in [6, 6.07) is 1.33. The Morgan fingerprint density at radius 3 is 2.55 bits per heavy atom. The minimum absolute atomic E-state index is 0.180. The molecule has 0 atom stereocenters. The Morgan fingerprint density at radius 1 is 1.40 bits per heavy atom. The fraction of sp³-hybridized carbons (Fsp3) is 0.636. The predicted octanol–water partition coefficient (Wildman–Crippen LogP) is 1.50. The lowest BCUT2D eigenvalue weighted by Gasteiger charge is -2.20. The maximum Gasteiger partial charge on any atom is 0.407 e. The van der Waals surface area contributed by atoms with Gasteiger partial charge in [-0.3, -0.25) is 0 Å². The van der Waals surface area contributed by atoms with E-state index in [-0.39, 0.29) is 17.7 Å². The molecule has 1 aliphatic carbocycles. The monoisotopic (exact) mass is 311 g/mol. The van der Waals surface area contributed by atoms with Gasteiger partial charge in [0.1, 0.15) is 5.54 Å². The lowest BCUT2D eigenvalue weighted by molar-refractivity contribution is -0.160. The molecule has 0 radical (unpaired) electrons. The fourth-order valence-electron chi connectivity index (χ4n) is 1.82. The number of aromatic amines is 1. The van der Waals surface area contributed by atoms with Crippen LogP contribution in [0.4, 0.5) is 13.2 Å². The molecule has 1 aromatic rings. The Kier molecular flexibility index (Phi) is 3.87. The summed E-state index contributed by atoms with van der Waals surface area (Å²) in [4.78, 5) is 2.55. The van der Waals surface area contributed by atoms with Gasteiger partial charge in [-0.15, -0.1) is 0 Å². The van der Waals surface area contributed by atoms with E-state index in [9.17, 15) is 21.6 Å². The second kappa shape index (κ2) is 5.05. The largest absolute Gasteiger partial charge is 0.407 e. The number of sulfonamides is 1. The maximum absolute atomic E-state index is 12.8. The van der Waals surface area contributed by atoms with Crippen molar-refractivity contribution in [3.05, 3.63) is 18.0 Å². The first-order valence-electron chi connectivity index (χ1n) is 6.19. The number of halogens is 3. The first-order valence-corrected chi connectivity index (χ1v) is 7.67.